The standard InChI is InChI=1S/C14H21NO2/c16-13(12(10-1-2-10)11-3-4-11)15-7-5-14(6-8-15)9-17-14/h10-12H,1-9H2. The fraction of sp³-hybridized carbons (Fsp3) is 0.929. The summed E-state index contributed by atoms with van der Waals surface area (Å²) in [6.07, 6.45) is 7.34. The van der Waals surface area contributed by atoms with E-state index in [1.165, 1.54) is 25.7 Å². The van der Waals surface area contributed by atoms with Gasteiger partial charge in [0.15, 0.2) is 0 Å². The molecule has 0 bridgehead atoms. The molecule has 2 aliphatic heterocycles. The van der Waals surface area contributed by atoms with Gasteiger partial charge in [-0.2, -0.15) is 0 Å². The van der Waals surface area contributed by atoms with E-state index in [9.17, 15) is 4.79 Å². The fourth-order valence-electron chi connectivity index (χ4n) is 3.44. The molecule has 0 radical (unpaired) electrons. The molecule has 3 heteroatoms. The lowest BCUT2D eigenvalue weighted by Gasteiger charge is -2.33. The number of piperidine rings is 1. The molecule has 0 aromatic carbocycles. The number of hydrogen-bond acceptors (Lipinski definition) is 2. The van der Waals surface area contributed by atoms with Gasteiger partial charge in [-0.1, -0.05) is 0 Å². The Hall–Kier alpha value is -0.570. The maximum Gasteiger partial charge on any atom is 0.226 e. The summed E-state index contributed by atoms with van der Waals surface area (Å²) in [4.78, 5) is 14.7. The van der Waals surface area contributed by atoms with Crippen LogP contribution in [0.15, 0.2) is 0 Å². The predicted octanol–water partition coefficient (Wildman–Crippen LogP) is 1.81. The van der Waals surface area contributed by atoms with Gasteiger partial charge in [0.25, 0.3) is 0 Å². The number of rotatable bonds is 3. The molecule has 2 heterocycles. The van der Waals surface area contributed by atoms with Crippen molar-refractivity contribution >= 4 is 5.91 Å². The van der Waals surface area contributed by atoms with Gasteiger partial charge in [0, 0.05) is 19.0 Å². The van der Waals surface area contributed by atoms with Gasteiger partial charge in [0.1, 0.15) is 0 Å². The first-order chi connectivity index (χ1) is 8.27. The van der Waals surface area contributed by atoms with Gasteiger partial charge < -0.3 is 9.64 Å². The number of amides is 1. The van der Waals surface area contributed by atoms with E-state index in [-0.39, 0.29) is 5.60 Å². The minimum Gasteiger partial charge on any atom is -0.369 e. The summed E-state index contributed by atoms with van der Waals surface area (Å²) in [7, 11) is 0. The van der Waals surface area contributed by atoms with Gasteiger partial charge in [-0.05, 0) is 50.4 Å². The molecule has 4 fully saturated rings. The summed E-state index contributed by atoms with van der Waals surface area (Å²) in [5, 5.41) is 0. The molecule has 94 valence electrons. The predicted molar refractivity (Wildman–Crippen MR) is 63.4 cm³/mol. The average molecular weight is 235 g/mol. The Labute approximate surface area is 102 Å². The molecule has 0 atom stereocenters. The first-order valence-electron chi connectivity index (χ1n) is 7.20. The highest BCUT2D eigenvalue weighted by atomic mass is 16.6. The summed E-state index contributed by atoms with van der Waals surface area (Å²) < 4.78 is 5.51. The molecular weight excluding hydrogens is 214 g/mol. The average Bonchev–Trinajstić information content (AvgIpc) is 3.18. The van der Waals surface area contributed by atoms with Gasteiger partial charge in [-0.25, -0.2) is 0 Å². The zero-order chi connectivity index (χ0) is 11.5. The molecule has 0 aromatic rings. The highest BCUT2D eigenvalue weighted by Crippen LogP contribution is 2.50. The molecular formula is C14H21NO2. The molecule has 2 aliphatic carbocycles. The molecule has 0 unspecified atom stereocenters. The van der Waals surface area contributed by atoms with E-state index in [1.807, 2.05) is 0 Å². The van der Waals surface area contributed by atoms with Crippen LogP contribution in [-0.4, -0.2) is 36.1 Å². The topological polar surface area (TPSA) is 32.8 Å². The third kappa shape index (κ3) is 1.88. The highest BCUT2D eigenvalue weighted by molar-refractivity contribution is 5.80. The maximum atomic E-state index is 12.6. The SMILES string of the molecule is O=C(C(C1CC1)C1CC1)N1CCC2(CC1)CO2. The van der Waals surface area contributed by atoms with Crippen LogP contribution in [0.1, 0.15) is 38.5 Å². The first-order valence-corrected chi connectivity index (χ1v) is 7.20. The van der Waals surface area contributed by atoms with Crippen molar-refractivity contribution in [3.05, 3.63) is 0 Å². The number of nitrogens with zero attached hydrogens (tertiary/aromatic N) is 1. The molecule has 0 aromatic heterocycles. The first kappa shape index (κ1) is 10.4. The number of epoxide rings is 1. The van der Waals surface area contributed by atoms with E-state index in [1.54, 1.807) is 0 Å². The third-order valence-electron chi connectivity index (χ3n) is 5.08. The number of ether oxygens (including phenoxy) is 1. The minimum absolute atomic E-state index is 0.200. The van der Waals surface area contributed by atoms with E-state index in [0.29, 0.717) is 11.8 Å². The number of likely N-dealkylation sites (tertiary alicyclic amines) is 1. The van der Waals surface area contributed by atoms with E-state index in [4.69, 9.17) is 4.74 Å². The Morgan fingerprint density at radius 3 is 2.06 bits per heavy atom. The van der Waals surface area contributed by atoms with Crippen LogP contribution in [0.5, 0.6) is 0 Å². The molecule has 1 amide bonds. The van der Waals surface area contributed by atoms with Gasteiger partial charge in [0.2, 0.25) is 5.91 Å². The van der Waals surface area contributed by atoms with Crippen LogP contribution in [0.2, 0.25) is 0 Å². The van der Waals surface area contributed by atoms with Crippen LogP contribution in [-0.2, 0) is 9.53 Å². The number of carbonyl (C=O) groups is 1. The number of hydrogen-bond donors (Lipinski definition) is 0. The lowest BCUT2D eigenvalue weighted by Crippen LogP contribution is -2.45. The van der Waals surface area contributed by atoms with Gasteiger partial charge >= 0.3 is 0 Å². The number of carbonyl (C=O) groups excluding carboxylic acids is 1. The maximum absolute atomic E-state index is 12.6. The Morgan fingerprint density at radius 2 is 1.65 bits per heavy atom. The van der Waals surface area contributed by atoms with Crippen molar-refractivity contribution in [3.63, 3.8) is 0 Å². The van der Waals surface area contributed by atoms with Crippen LogP contribution in [0.3, 0.4) is 0 Å². The molecule has 4 rings (SSSR count). The van der Waals surface area contributed by atoms with Crippen LogP contribution < -0.4 is 0 Å². The second-order valence-corrected chi connectivity index (χ2v) is 6.50. The van der Waals surface area contributed by atoms with Crippen LogP contribution >= 0.6 is 0 Å². The summed E-state index contributed by atoms with van der Waals surface area (Å²) in [5.74, 6) is 2.35. The Bertz CT molecular complexity index is 320. The smallest absolute Gasteiger partial charge is 0.226 e. The molecule has 2 saturated heterocycles. The Morgan fingerprint density at radius 1 is 1.12 bits per heavy atom. The zero-order valence-corrected chi connectivity index (χ0v) is 10.4. The van der Waals surface area contributed by atoms with Crippen molar-refractivity contribution in [2.75, 3.05) is 19.7 Å². The van der Waals surface area contributed by atoms with Crippen LogP contribution in [0.25, 0.3) is 0 Å². The van der Waals surface area contributed by atoms with Crippen LogP contribution in [0.4, 0.5) is 0 Å². The lowest BCUT2D eigenvalue weighted by molar-refractivity contribution is -0.138. The van der Waals surface area contributed by atoms with E-state index >= 15 is 0 Å². The second kappa shape index (κ2) is 3.47. The van der Waals surface area contributed by atoms with Crippen molar-refractivity contribution in [1.29, 1.82) is 0 Å². The zero-order valence-electron chi connectivity index (χ0n) is 10.4. The summed E-state index contributed by atoms with van der Waals surface area (Å²) in [5.41, 5.74) is 0.200. The van der Waals surface area contributed by atoms with E-state index in [2.05, 4.69) is 4.90 Å². The van der Waals surface area contributed by atoms with Crippen molar-refractivity contribution in [2.24, 2.45) is 17.8 Å². The molecule has 1 spiro atoms. The molecule has 0 N–H and O–H groups in total. The van der Waals surface area contributed by atoms with Gasteiger partial charge in [0.05, 0.1) is 12.2 Å². The quantitative estimate of drug-likeness (QED) is 0.699. The Kier molecular flexibility index (Phi) is 2.11. The van der Waals surface area contributed by atoms with Crippen molar-refractivity contribution in [1.82, 2.24) is 4.90 Å². The molecule has 17 heavy (non-hydrogen) atoms. The van der Waals surface area contributed by atoms with Crippen molar-refractivity contribution in [2.45, 2.75) is 44.1 Å². The highest BCUT2D eigenvalue weighted by Gasteiger charge is 2.50. The Balaban J connectivity index is 1.41. The normalized spacial score (nSPS) is 31.0. The van der Waals surface area contributed by atoms with Crippen molar-refractivity contribution < 1.29 is 9.53 Å². The van der Waals surface area contributed by atoms with Crippen LogP contribution in [0, 0.1) is 17.8 Å². The van der Waals surface area contributed by atoms with E-state index in [0.717, 1.165) is 44.4 Å². The summed E-state index contributed by atoms with van der Waals surface area (Å²) in [6.45, 7) is 2.81. The second-order valence-electron chi connectivity index (χ2n) is 6.50. The fourth-order valence-corrected chi connectivity index (χ4v) is 3.44. The monoisotopic (exact) mass is 235 g/mol. The summed E-state index contributed by atoms with van der Waals surface area (Å²) >= 11 is 0. The van der Waals surface area contributed by atoms with Gasteiger partial charge in [-0.15, -0.1) is 0 Å². The van der Waals surface area contributed by atoms with Gasteiger partial charge in [-0.3, -0.25) is 4.79 Å². The largest absolute Gasteiger partial charge is 0.369 e. The summed E-state index contributed by atoms with van der Waals surface area (Å²) in [6, 6.07) is 0. The molecule has 2 saturated carbocycles. The lowest BCUT2D eigenvalue weighted by atomic mass is 9.92. The van der Waals surface area contributed by atoms with E-state index < -0.39 is 0 Å². The third-order valence-corrected chi connectivity index (χ3v) is 5.08. The minimum atomic E-state index is 0.200. The van der Waals surface area contributed by atoms with Crippen molar-refractivity contribution in [3.8, 4) is 0 Å². The molecule has 4 aliphatic rings. The molecule has 3 nitrogen and oxygen atoms in total.